The van der Waals surface area contributed by atoms with Crippen LogP contribution >= 0.6 is 0 Å². The third kappa shape index (κ3) is 3.51. The number of hydrogen-bond donors (Lipinski definition) is 3. The predicted octanol–water partition coefficient (Wildman–Crippen LogP) is 3.72. The third-order valence-corrected chi connectivity index (χ3v) is 6.08. The van der Waals surface area contributed by atoms with Crippen molar-refractivity contribution in [3.63, 3.8) is 0 Å². The highest BCUT2D eigenvalue weighted by molar-refractivity contribution is 5.77. The summed E-state index contributed by atoms with van der Waals surface area (Å²) in [5, 5.41) is 10.4. The van der Waals surface area contributed by atoms with E-state index in [1.54, 1.807) is 0 Å². The number of aromatic nitrogens is 2. The van der Waals surface area contributed by atoms with Crippen LogP contribution in [0.15, 0.2) is 60.6 Å². The second-order valence-corrected chi connectivity index (χ2v) is 8.46. The molecule has 3 heterocycles. The molecule has 7 heteroatoms. The monoisotopic (exact) mass is 415 g/mol. The van der Waals surface area contributed by atoms with Crippen LogP contribution in [0, 0.1) is 0 Å². The first-order valence-corrected chi connectivity index (χ1v) is 10.7. The topological polar surface area (TPSA) is 60.4 Å². The van der Waals surface area contributed by atoms with Crippen molar-refractivity contribution >= 4 is 17.1 Å². The SMILES string of the molecule is CC1=C2c3ccc(-c4cnn(C)c4)cc3C(Nc3ccccc3N(C)C)CCN2NN1. The molecule has 0 saturated carbocycles. The van der Waals surface area contributed by atoms with Gasteiger partial charge in [-0.3, -0.25) is 9.69 Å². The van der Waals surface area contributed by atoms with Gasteiger partial charge in [0.15, 0.2) is 0 Å². The van der Waals surface area contributed by atoms with E-state index < -0.39 is 0 Å². The van der Waals surface area contributed by atoms with Gasteiger partial charge in [-0.05, 0) is 42.7 Å². The Morgan fingerprint density at radius 3 is 2.74 bits per heavy atom. The van der Waals surface area contributed by atoms with Gasteiger partial charge in [0.1, 0.15) is 0 Å². The average molecular weight is 416 g/mol. The number of fused-ring (bicyclic) bond motifs is 3. The van der Waals surface area contributed by atoms with Crippen molar-refractivity contribution in [1.82, 2.24) is 25.7 Å². The van der Waals surface area contributed by atoms with E-state index in [0.717, 1.165) is 29.9 Å². The summed E-state index contributed by atoms with van der Waals surface area (Å²) in [7, 11) is 6.13. The van der Waals surface area contributed by atoms with Crippen LogP contribution in [0.4, 0.5) is 11.4 Å². The number of nitrogens with one attached hydrogen (secondary N) is 3. The second-order valence-electron chi connectivity index (χ2n) is 8.46. The number of rotatable bonds is 4. The minimum atomic E-state index is 0.181. The number of hydrogen-bond acceptors (Lipinski definition) is 6. The van der Waals surface area contributed by atoms with Crippen LogP contribution < -0.4 is 21.2 Å². The second kappa shape index (κ2) is 7.67. The molecule has 0 radical (unpaired) electrons. The van der Waals surface area contributed by atoms with Crippen molar-refractivity contribution in [3.8, 4) is 11.1 Å². The molecule has 1 atom stereocenters. The highest BCUT2D eigenvalue weighted by Crippen LogP contribution is 2.40. The molecule has 1 unspecified atom stereocenters. The first-order valence-electron chi connectivity index (χ1n) is 10.7. The van der Waals surface area contributed by atoms with Crippen molar-refractivity contribution in [2.75, 3.05) is 30.9 Å². The maximum absolute atomic E-state index is 4.36. The number of anilines is 2. The molecule has 5 rings (SSSR count). The normalized spacial score (nSPS) is 17.7. The van der Waals surface area contributed by atoms with Gasteiger partial charge < -0.3 is 15.6 Å². The third-order valence-electron chi connectivity index (χ3n) is 6.08. The van der Waals surface area contributed by atoms with Gasteiger partial charge in [0, 0.05) is 45.0 Å². The van der Waals surface area contributed by atoms with E-state index in [-0.39, 0.29) is 6.04 Å². The summed E-state index contributed by atoms with van der Waals surface area (Å²) in [6.45, 7) is 3.02. The van der Waals surface area contributed by atoms with Crippen LogP contribution in [0.2, 0.25) is 0 Å². The van der Waals surface area contributed by atoms with Crippen LogP contribution in [0.3, 0.4) is 0 Å². The molecule has 2 aromatic carbocycles. The molecular weight excluding hydrogens is 386 g/mol. The van der Waals surface area contributed by atoms with Crippen LogP contribution in [0.25, 0.3) is 16.8 Å². The fourth-order valence-corrected chi connectivity index (χ4v) is 4.54. The lowest BCUT2D eigenvalue weighted by molar-refractivity contribution is 0.281. The molecule has 2 aliphatic rings. The molecule has 0 amide bonds. The molecule has 160 valence electrons. The van der Waals surface area contributed by atoms with Crippen molar-refractivity contribution in [3.05, 3.63) is 71.7 Å². The fraction of sp³-hybridized carbons (Fsp3) is 0.292. The van der Waals surface area contributed by atoms with Crippen molar-refractivity contribution < 1.29 is 0 Å². The maximum Gasteiger partial charge on any atom is 0.0814 e. The molecule has 3 aromatic rings. The standard InChI is InChI=1S/C24H29N7/c1-16-24-19-10-9-17(18-14-25-30(4)15-18)13-20(19)21(11-12-31(24)28-27-16)26-22-7-5-6-8-23(22)29(2)3/h5-10,13-15,21,26-28H,11-12H2,1-4H3. The Hall–Kier alpha value is -3.45. The minimum Gasteiger partial charge on any atom is -0.376 e. The van der Waals surface area contributed by atoms with Gasteiger partial charge >= 0.3 is 0 Å². The molecule has 2 aliphatic heterocycles. The molecule has 0 fully saturated rings. The zero-order valence-electron chi connectivity index (χ0n) is 18.5. The fourth-order valence-electron chi connectivity index (χ4n) is 4.54. The van der Waals surface area contributed by atoms with Gasteiger partial charge in [0.25, 0.3) is 0 Å². The van der Waals surface area contributed by atoms with Crippen LogP contribution in [-0.2, 0) is 7.05 Å². The summed E-state index contributed by atoms with van der Waals surface area (Å²) in [4.78, 5) is 2.16. The summed E-state index contributed by atoms with van der Waals surface area (Å²) in [6, 6.07) is 15.4. The zero-order valence-corrected chi connectivity index (χ0v) is 18.5. The van der Waals surface area contributed by atoms with Crippen LogP contribution in [0.5, 0.6) is 0 Å². The van der Waals surface area contributed by atoms with Gasteiger partial charge in [-0.1, -0.05) is 24.3 Å². The Bertz CT molecular complexity index is 1140. The highest BCUT2D eigenvalue weighted by Gasteiger charge is 2.30. The quantitative estimate of drug-likeness (QED) is 0.604. The Morgan fingerprint density at radius 1 is 1.13 bits per heavy atom. The first-order chi connectivity index (χ1) is 15.0. The number of hydrazine groups is 2. The lowest BCUT2D eigenvalue weighted by Crippen LogP contribution is -2.38. The summed E-state index contributed by atoms with van der Waals surface area (Å²) in [5.41, 5.74) is 16.2. The van der Waals surface area contributed by atoms with Gasteiger partial charge in [-0.25, -0.2) is 0 Å². The minimum absolute atomic E-state index is 0.181. The van der Waals surface area contributed by atoms with Gasteiger partial charge in [-0.2, -0.15) is 5.10 Å². The summed E-state index contributed by atoms with van der Waals surface area (Å²) >= 11 is 0. The van der Waals surface area contributed by atoms with Crippen molar-refractivity contribution in [2.45, 2.75) is 19.4 Å². The predicted molar refractivity (Wildman–Crippen MR) is 126 cm³/mol. The van der Waals surface area contributed by atoms with E-state index in [4.69, 9.17) is 0 Å². The lowest BCUT2D eigenvalue weighted by Gasteiger charge is -2.25. The number of aryl methyl sites for hydroxylation is 1. The Morgan fingerprint density at radius 2 is 1.97 bits per heavy atom. The molecule has 0 aliphatic carbocycles. The molecule has 0 saturated heterocycles. The maximum atomic E-state index is 4.36. The van der Waals surface area contributed by atoms with E-state index in [0.29, 0.717) is 0 Å². The Labute approximate surface area is 183 Å². The highest BCUT2D eigenvalue weighted by atomic mass is 15.7. The van der Waals surface area contributed by atoms with Gasteiger partial charge in [0.05, 0.1) is 35.0 Å². The van der Waals surface area contributed by atoms with E-state index in [1.165, 1.54) is 28.1 Å². The summed E-state index contributed by atoms with van der Waals surface area (Å²) in [5.74, 6) is 0. The molecule has 0 spiro atoms. The van der Waals surface area contributed by atoms with Crippen molar-refractivity contribution in [2.24, 2.45) is 7.05 Å². The largest absolute Gasteiger partial charge is 0.376 e. The lowest BCUT2D eigenvalue weighted by atomic mass is 9.93. The molecule has 31 heavy (non-hydrogen) atoms. The van der Waals surface area contributed by atoms with Gasteiger partial charge in [-0.15, -0.1) is 5.53 Å². The molecule has 3 N–H and O–H groups in total. The number of benzene rings is 2. The number of nitrogens with zero attached hydrogens (tertiary/aromatic N) is 4. The van der Waals surface area contributed by atoms with Crippen LogP contribution in [0.1, 0.15) is 30.5 Å². The van der Waals surface area contributed by atoms with Gasteiger partial charge in [0.2, 0.25) is 0 Å². The van der Waals surface area contributed by atoms with E-state index in [1.807, 2.05) is 17.9 Å². The zero-order chi connectivity index (χ0) is 21.5. The molecular formula is C24H29N7. The number of allylic oxidation sites excluding steroid dienone is 1. The Kier molecular flexibility index (Phi) is 4.82. The smallest absolute Gasteiger partial charge is 0.0814 e. The summed E-state index contributed by atoms with van der Waals surface area (Å²) in [6.07, 6.45) is 4.96. The molecule has 7 nitrogen and oxygen atoms in total. The first kappa shape index (κ1) is 19.5. The molecule has 0 bridgehead atoms. The molecule has 1 aromatic heterocycles. The average Bonchev–Trinajstić information content (AvgIpc) is 3.32. The van der Waals surface area contributed by atoms with Crippen LogP contribution in [-0.4, -0.2) is 35.4 Å². The van der Waals surface area contributed by atoms with Crippen molar-refractivity contribution in [1.29, 1.82) is 0 Å². The number of para-hydroxylation sites is 2. The Balaban J connectivity index is 1.62. The van der Waals surface area contributed by atoms with E-state index >= 15 is 0 Å². The van der Waals surface area contributed by atoms with E-state index in [2.05, 4.69) is 101 Å². The summed E-state index contributed by atoms with van der Waals surface area (Å²) < 4.78 is 1.85. The van der Waals surface area contributed by atoms with E-state index in [9.17, 15) is 0 Å².